The minimum absolute atomic E-state index is 0.142. The first-order valence-electron chi connectivity index (χ1n) is 7.55. The smallest absolute Gasteiger partial charge is 0.265 e. The first-order chi connectivity index (χ1) is 11.0. The Morgan fingerprint density at radius 1 is 1.35 bits per heavy atom. The van der Waals surface area contributed by atoms with Gasteiger partial charge < -0.3 is 10.2 Å². The zero-order valence-corrected chi connectivity index (χ0v) is 14.0. The fourth-order valence-electron chi connectivity index (χ4n) is 2.16. The molecule has 1 heterocycles. The van der Waals surface area contributed by atoms with E-state index in [1.54, 1.807) is 10.9 Å². The zero-order valence-electron chi connectivity index (χ0n) is 14.0. The quantitative estimate of drug-likeness (QED) is 0.658. The maximum atomic E-state index is 11.9. The molecule has 23 heavy (non-hydrogen) atoms. The summed E-state index contributed by atoms with van der Waals surface area (Å²) in [6.45, 7) is 5.71. The van der Waals surface area contributed by atoms with Crippen molar-refractivity contribution < 1.29 is 9.63 Å². The van der Waals surface area contributed by atoms with Gasteiger partial charge in [-0.05, 0) is 31.4 Å². The third-order valence-corrected chi connectivity index (χ3v) is 3.63. The van der Waals surface area contributed by atoms with E-state index in [4.69, 9.17) is 4.84 Å². The highest BCUT2D eigenvalue weighted by Crippen LogP contribution is 2.17. The molecule has 1 N–H and O–H groups in total. The molecule has 1 aromatic heterocycles. The van der Waals surface area contributed by atoms with Crippen molar-refractivity contribution in [3.05, 3.63) is 46.8 Å². The molecule has 0 bridgehead atoms. The van der Waals surface area contributed by atoms with E-state index in [0.717, 1.165) is 29.1 Å². The lowest BCUT2D eigenvalue weighted by molar-refractivity contribution is -0.120. The fourth-order valence-corrected chi connectivity index (χ4v) is 2.16. The number of nitrogens with zero attached hydrogens (tertiary/aromatic N) is 3. The predicted molar refractivity (Wildman–Crippen MR) is 90.7 cm³/mol. The monoisotopic (exact) mass is 314 g/mol. The number of carbonyl (C=O) groups is 1. The lowest BCUT2D eigenvalue weighted by Crippen LogP contribution is -2.18. The highest BCUT2D eigenvalue weighted by Gasteiger charge is 2.12. The second-order valence-electron chi connectivity index (χ2n) is 5.32. The number of amides is 1. The topological polar surface area (TPSA) is 68.5 Å². The van der Waals surface area contributed by atoms with Crippen LogP contribution in [0.1, 0.15) is 29.4 Å². The normalized spacial score (nSPS) is 11.0. The van der Waals surface area contributed by atoms with E-state index < -0.39 is 0 Å². The molecule has 0 saturated carbocycles. The minimum Gasteiger partial charge on any atom is -0.386 e. The molecule has 0 atom stereocenters. The molecule has 0 spiro atoms. The molecule has 1 amide bonds. The Balaban J connectivity index is 1.83. The Morgan fingerprint density at radius 2 is 2.04 bits per heavy atom. The van der Waals surface area contributed by atoms with Crippen LogP contribution in [0.25, 0.3) is 0 Å². The number of anilines is 1. The zero-order chi connectivity index (χ0) is 16.8. The summed E-state index contributed by atoms with van der Waals surface area (Å²) in [6.07, 6.45) is 2.59. The number of aromatic nitrogens is 2. The van der Waals surface area contributed by atoms with Gasteiger partial charge in [-0.15, -0.1) is 0 Å². The van der Waals surface area contributed by atoms with Crippen molar-refractivity contribution in [3.63, 3.8) is 0 Å². The van der Waals surface area contributed by atoms with Crippen LogP contribution < -0.4 is 5.32 Å². The molecule has 0 unspecified atom stereocenters. The molecule has 2 rings (SSSR count). The van der Waals surface area contributed by atoms with Crippen LogP contribution in [0, 0.1) is 13.8 Å². The van der Waals surface area contributed by atoms with Crippen molar-refractivity contribution in [1.82, 2.24) is 9.78 Å². The molecule has 0 fully saturated rings. The van der Waals surface area contributed by atoms with E-state index >= 15 is 0 Å². The number of hydrogen-bond donors (Lipinski definition) is 1. The van der Waals surface area contributed by atoms with Crippen LogP contribution >= 0.6 is 0 Å². The molecule has 0 radical (unpaired) electrons. The third kappa shape index (κ3) is 4.42. The standard InChI is InChI=1S/C17H22N4O2/c1-5-14-6-8-15(9-7-14)10-18-23-11-16(22)19-17-12(2)20-21(4)13(17)3/h6-10H,5,11H2,1-4H3,(H,19,22)/b18-10-. The number of oxime groups is 1. The summed E-state index contributed by atoms with van der Waals surface area (Å²) in [5.41, 5.74) is 4.60. The molecule has 0 aliphatic carbocycles. The second kappa shape index (κ2) is 7.58. The van der Waals surface area contributed by atoms with Crippen LogP contribution in [0.4, 0.5) is 5.69 Å². The molecule has 1 aromatic carbocycles. The van der Waals surface area contributed by atoms with Gasteiger partial charge in [-0.2, -0.15) is 5.10 Å². The van der Waals surface area contributed by atoms with Crippen molar-refractivity contribution in [3.8, 4) is 0 Å². The van der Waals surface area contributed by atoms with Gasteiger partial charge in [0.05, 0.1) is 23.3 Å². The number of benzene rings is 1. The first-order valence-corrected chi connectivity index (χ1v) is 7.55. The molecule has 0 aliphatic heterocycles. The van der Waals surface area contributed by atoms with E-state index in [1.807, 2.05) is 45.2 Å². The maximum absolute atomic E-state index is 11.9. The van der Waals surface area contributed by atoms with Gasteiger partial charge in [0.1, 0.15) is 0 Å². The lowest BCUT2D eigenvalue weighted by Gasteiger charge is -2.04. The summed E-state index contributed by atoms with van der Waals surface area (Å²) < 4.78 is 1.73. The van der Waals surface area contributed by atoms with Crippen molar-refractivity contribution in [2.75, 3.05) is 11.9 Å². The van der Waals surface area contributed by atoms with Gasteiger partial charge in [-0.25, -0.2) is 0 Å². The summed E-state index contributed by atoms with van der Waals surface area (Å²) in [5, 5.41) is 10.9. The van der Waals surface area contributed by atoms with Crippen LogP contribution in [0.15, 0.2) is 29.4 Å². The number of carbonyl (C=O) groups excluding carboxylic acids is 1. The van der Waals surface area contributed by atoms with E-state index in [9.17, 15) is 4.79 Å². The van der Waals surface area contributed by atoms with Crippen molar-refractivity contribution >= 4 is 17.8 Å². The SMILES string of the molecule is CCc1ccc(/C=N\OCC(=O)Nc2c(C)nn(C)c2C)cc1. The highest BCUT2D eigenvalue weighted by atomic mass is 16.6. The average Bonchev–Trinajstić information content (AvgIpc) is 2.78. The van der Waals surface area contributed by atoms with Gasteiger partial charge in [-0.1, -0.05) is 36.3 Å². The second-order valence-corrected chi connectivity index (χ2v) is 5.32. The molecule has 0 aliphatic rings. The van der Waals surface area contributed by atoms with Crippen LogP contribution in [-0.4, -0.2) is 28.5 Å². The molecule has 0 saturated heterocycles. The Labute approximate surface area is 136 Å². The van der Waals surface area contributed by atoms with Gasteiger partial charge in [0, 0.05) is 7.05 Å². The molecular formula is C17H22N4O2. The Hall–Kier alpha value is -2.63. The molecule has 6 heteroatoms. The van der Waals surface area contributed by atoms with E-state index in [2.05, 4.69) is 22.5 Å². The fraction of sp³-hybridized carbons (Fsp3) is 0.353. The predicted octanol–water partition coefficient (Wildman–Crippen LogP) is 2.59. The minimum atomic E-state index is -0.261. The number of aryl methyl sites for hydroxylation is 3. The Kier molecular flexibility index (Phi) is 5.51. The van der Waals surface area contributed by atoms with Crippen molar-refractivity contribution in [1.29, 1.82) is 0 Å². The van der Waals surface area contributed by atoms with Gasteiger partial charge in [-0.3, -0.25) is 9.48 Å². The van der Waals surface area contributed by atoms with E-state index in [0.29, 0.717) is 0 Å². The summed E-state index contributed by atoms with van der Waals surface area (Å²) in [5.74, 6) is -0.261. The first kappa shape index (κ1) is 16.7. The van der Waals surface area contributed by atoms with Gasteiger partial charge in [0.25, 0.3) is 5.91 Å². The Bertz CT molecular complexity index is 702. The van der Waals surface area contributed by atoms with Crippen LogP contribution in [0.2, 0.25) is 0 Å². The highest BCUT2D eigenvalue weighted by molar-refractivity contribution is 5.92. The van der Waals surface area contributed by atoms with Crippen LogP contribution in [-0.2, 0) is 23.1 Å². The van der Waals surface area contributed by atoms with Crippen molar-refractivity contribution in [2.24, 2.45) is 12.2 Å². The maximum Gasteiger partial charge on any atom is 0.265 e. The Morgan fingerprint density at radius 3 is 2.61 bits per heavy atom. The number of nitrogens with one attached hydrogen (secondary N) is 1. The van der Waals surface area contributed by atoms with E-state index in [1.165, 1.54) is 5.56 Å². The third-order valence-electron chi connectivity index (χ3n) is 3.63. The van der Waals surface area contributed by atoms with Crippen LogP contribution in [0.3, 0.4) is 0 Å². The number of hydrogen-bond acceptors (Lipinski definition) is 4. The molecule has 6 nitrogen and oxygen atoms in total. The average molecular weight is 314 g/mol. The molecule has 2 aromatic rings. The van der Waals surface area contributed by atoms with Gasteiger partial charge >= 0.3 is 0 Å². The van der Waals surface area contributed by atoms with E-state index in [-0.39, 0.29) is 12.5 Å². The summed E-state index contributed by atoms with van der Waals surface area (Å²) in [4.78, 5) is 16.9. The summed E-state index contributed by atoms with van der Waals surface area (Å²) in [7, 11) is 1.84. The van der Waals surface area contributed by atoms with Gasteiger partial charge in [0.2, 0.25) is 0 Å². The van der Waals surface area contributed by atoms with Gasteiger partial charge in [0.15, 0.2) is 6.61 Å². The molecular weight excluding hydrogens is 292 g/mol. The number of rotatable bonds is 6. The lowest BCUT2D eigenvalue weighted by atomic mass is 10.1. The molecule has 122 valence electrons. The van der Waals surface area contributed by atoms with Crippen molar-refractivity contribution in [2.45, 2.75) is 27.2 Å². The summed E-state index contributed by atoms with van der Waals surface area (Å²) in [6, 6.07) is 8.02. The van der Waals surface area contributed by atoms with Crippen LogP contribution in [0.5, 0.6) is 0 Å². The largest absolute Gasteiger partial charge is 0.386 e. The summed E-state index contributed by atoms with van der Waals surface area (Å²) >= 11 is 0.